The van der Waals surface area contributed by atoms with Crippen LogP contribution in [0.4, 0.5) is 0 Å². The zero-order chi connectivity index (χ0) is 13.6. The largest absolute Gasteiger partial charge is 0.493 e. The number of halogens is 1. The lowest BCUT2D eigenvalue weighted by atomic mass is 10.2. The molecule has 0 unspecified atom stereocenters. The van der Waals surface area contributed by atoms with E-state index in [4.69, 9.17) is 27.8 Å². The topological polar surface area (TPSA) is 113 Å². The van der Waals surface area contributed by atoms with E-state index in [1.54, 1.807) is 6.26 Å². The average Bonchev–Trinajstić information content (AvgIpc) is 2.28. The quantitative estimate of drug-likeness (QED) is 0.607. The summed E-state index contributed by atoms with van der Waals surface area (Å²) in [5.41, 5.74) is 0.855. The fourth-order valence-electron chi connectivity index (χ4n) is 1.31. The first-order valence-corrected chi connectivity index (χ1v) is 6.19. The van der Waals surface area contributed by atoms with Gasteiger partial charge in [-0.1, -0.05) is 12.1 Å². The van der Waals surface area contributed by atoms with Crippen molar-refractivity contribution in [1.29, 1.82) is 0 Å². The van der Waals surface area contributed by atoms with Gasteiger partial charge < -0.3 is 4.74 Å². The van der Waals surface area contributed by atoms with Crippen molar-refractivity contribution >= 4 is 11.0 Å². The van der Waals surface area contributed by atoms with E-state index < -0.39 is 10.2 Å². The molecule has 1 heterocycles. The van der Waals surface area contributed by atoms with Gasteiger partial charge in [0.25, 0.3) is 0 Å². The number of hydrogen-bond acceptors (Lipinski definition) is 5. The lowest BCUT2D eigenvalue weighted by molar-refractivity contribution is -2.00. The molecule has 18 heavy (non-hydrogen) atoms. The highest BCUT2D eigenvalue weighted by atomic mass is 35.7. The lowest BCUT2D eigenvalue weighted by Crippen LogP contribution is -2.68. The van der Waals surface area contributed by atoms with E-state index in [0.29, 0.717) is 6.61 Å². The van der Waals surface area contributed by atoms with Crippen LogP contribution in [-0.2, 0) is 0 Å². The van der Waals surface area contributed by atoms with Gasteiger partial charge in [0.05, 0.1) is 12.7 Å². The maximum atomic E-state index is 8.49. The molecule has 0 aliphatic heterocycles. The number of fused-ring (bicyclic) bond motifs is 1. The molecular formula is C11H11ClO6. The van der Waals surface area contributed by atoms with Gasteiger partial charge in [-0.05, 0) is 13.0 Å². The van der Waals surface area contributed by atoms with Gasteiger partial charge in [-0.3, -0.25) is 0 Å². The van der Waals surface area contributed by atoms with E-state index in [9.17, 15) is 0 Å². The minimum atomic E-state index is -4.94. The Balaban J connectivity index is 0.000000280. The SMILES string of the molecule is CCOc1cc[o+]c2ccccc12.[O-][Cl+3]([O-])([O-])[O-]. The third-order valence-corrected chi connectivity index (χ3v) is 1.87. The Morgan fingerprint density at radius 1 is 1.11 bits per heavy atom. The Bertz CT molecular complexity index is 485. The molecule has 1 aromatic heterocycles. The van der Waals surface area contributed by atoms with Crippen molar-refractivity contribution in [2.45, 2.75) is 6.92 Å². The predicted molar refractivity (Wildman–Crippen MR) is 51.8 cm³/mol. The smallest absolute Gasteiger partial charge is 0.363 e. The van der Waals surface area contributed by atoms with Crippen LogP contribution in [0.25, 0.3) is 11.0 Å². The average molecular weight is 275 g/mol. The van der Waals surface area contributed by atoms with E-state index in [0.717, 1.165) is 16.7 Å². The van der Waals surface area contributed by atoms with Crippen molar-refractivity contribution in [3.63, 3.8) is 0 Å². The summed E-state index contributed by atoms with van der Waals surface area (Å²) in [6.45, 7) is 2.65. The van der Waals surface area contributed by atoms with Crippen molar-refractivity contribution in [2.75, 3.05) is 6.61 Å². The van der Waals surface area contributed by atoms with Crippen LogP contribution in [0.5, 0.6) is 5.75 Å². The minimum Gasteiger partial charge on any atom is -0.493 e. The van der Waals surface area contributed by atoms with Gasteiger partial charge in [0.2, 0.25) is 0 Å². The molecule has 0 saturated heterocycles. The number of rotatable bonds is 2. The Kier molecular flexibility index (Phi) is 5.26. The molecule has 0 fully saturated rings. The van der Waals surface area contributed by atoms with Crippen molar-refractivity contribution < 1.29 is 38.0 Å². The molecule has 0 saturated carbocycles. The molecule has 0 aliphatic rings. The highest BCUT2D eigenvalue weighted by Crippen LogP contribution is 2.24. The Morgan fingerprint density at radius 3 is 2.33 bits per heavy atom. The first kappa shape index (κ1) is 14.6. The number of para-hydroxylation sites is 1. The standard InChI is InChI=1S/C11H11O2.ClHO4/c1-2-12-11-7-8-13-10-6-4-3-5-9(10)11;2-1(3,4)5/h3-8H,2H2,1H3;(H,2,3,4,5)/q+1;/p-1. The van der Waals surface area contributed by atoms with Crippen molar-refractivity contribution in [2.24, 2.45) is 0 Å². The van der Waals surface area contributed by atoms with Gasteiger partial charge in [0.1, 0.15) is 11.1 Å². The summed E-state index contributed by atoms with van der Waals surface area (Å²) in [4.78, 5) is 0. The highest BCUT2D eigenvalue weighted by molar-refractivity contribution is 5.82. The van der Waals surface area contributed by atoms with Crippen LogP contribution in [0.1, 0.15) is 6.92 Å². The molecule has 2 aromatic rings. The summed E-state index contributed by atoms with van der Waals surface area (Å²) in [7, 11) is -4.94. The fraction of sp³-hybridized carbons (Fsp3) is 0.182. The summed E-state index contributed by atoms with van der Waals surface area (Å²) < 4.78 is 44.7. The Labute approximate surface area is 105 Å². The summed E-state index contributed by atoms with van der Waals surface area (Å²) >= 11 is 0. The van der Waals surface area contributed by atoms with Gasteiger partial charge in [0.15, 0.2) is 0 Å². The zero-order valence-electron chi connectivity index (χ0n) is 9.50. The van der Waals surface area contributed by atoms with Gasteiger partial charge in [-0.2, -0.15) is 0 Å². The zero-order valence-corrected chi connectivity index (χ0v) is 10.3. The van der Waals surface area contributed by atoms with Crippen LogP contribution >= 0.6 is 0 Å². The third-order valence-electron chi connectivity index (χ3n) is 1.87. The van der Waals surface area contributed by atoms with Crippen LogP contribution in [0.2, 0.25) is 0 Å². The van der Waals surface area contributed by atoms with E-state index in [2.05, 4.69) is 0 Å². The second kappa shape index (κ2) is 6.48. The maximum absolute atomic E-state index is 8.49. The fourth-order valence-corrected chi connectivity index (χ4v) is 1.31. The maximum Gasteiger partial charge on any atom is 0.363 e. The highest BCUT2D eigenvalue weighted by Gasteiger charge is 2.09. The normalized spacial score (nSPS) is 10.7. The molecule has 0 amide bonds. The van der Waals surface area contributed by atoms with Crippen LogP contribution in [0, 0.1) is 10.2 Å². The lowest BCUT2D eigenvalue weighted by Gasteiger charge is -2.17. The molecule has 0 radical (unpaired) electrons. The van der Waals surface area contributed by atoms with E-state index >= 15 is 0 Å². The predicted octanol–water partition coefficient (Wildman–Crippen LogP) is -1.64. The summed E-state index contributed by atoms with van der Waals surface area (Å²) in [5.74, 6) is 0.879. The molecule has 2 rings (SSSR count). The number of ether oxygens (including phenoxy) is 1. The van der Waals surface area contributed by atoms with Gasteiger partial charge in [-0.25, -0.2) is 23.1 Å². The summed E-state index contributed by atoms with van der Waals surface area (Å²) in [6.07, 6.45) is 1.65. The Hall–Kier alpha value is -1.44. The molecule has 0 N–H and O–H groups in total. The number of benzene rings is 1. The molecule has 1 aromatic carbocycles. The molecular weight excluding hydrogens is 264 g/mol. The van der Waals surface area contributed by atoms with E-state index in [1.807, 2.05) is 37.3 Å². The van der Waals surface area contributed by atoms with Gasteiger partial charge in [-0.15, -0.1) is 10.2 Å². The first-order valence-electron chi connectivity index (χ1n) is 4.96. The second-order valence-corrected chi connectivity index (χ2v) is 3.85. The molecule has 98 valence electrons. The molecule has 7 heteroatoms. The first-order chi connectivity index (χ1) is 8.42. The summed E-state index contributed by atoms with van der Waals surface area (Å²) in [6, 6.07) is 9.68. The van der Waals surface area contributed by atoms with Crippen LogP contribution in [0.3, 0.4) is 0 Å². The van der Waals surface area contributed by atoms with Crippen molar-refractivity contribution in [1.82, 2.24) is 0 Å². The molecule has 0 atom stereocenters. The van der Waals surface area contributed by atoms with Crippen molar-refractivity contribution in [3.05, 3.63) is 36.6 Å². The van der Waals surface area contributed by atoms with Crippen molar-refractivity contribution in [3.8, 4) is 5.75 Å². The molecule has 0 aliphatic carbocycles. The van der Waals surface area contributed by atoms with E-state index in [-0.39, 0.29) is 0 Å². The minimum absolute atomic E-state index is 0.675. The van der Waals surface area contributed by atoms with E-state index in [1.165, 1.54) is 0 Å². The number of hydrogen-bond donors (Lipinski definition) is 0. The second-order valence-electron chi connectivity index (χ2n) is 3.09. The van der Waals surface area contributed by atoms with Gasteiger partial charge >= 0.3 is 11.8 Å². The monoisotopic (exact) mass is 274 g/mol. The van der Waals surface area contributed by atoms with Crippen LogP contribution in [0.15, 0.2) is 41.0 Å². The van der Waals surface area contributed by atoms with Crippen LogP contribution < -0.4 is 23.4 Å². The molecule has 6 nitrogen and oxygen atoms in total. The summed E-state index contributed by atoms with van der Waals surface area (Å²) in [5, 5.41) is 1.02. The molecule has 0 bridgehead atoms. The van der Waals surface area contributed by atoms with Gasteiger partial charge in [0, 0.05) is 6.07 Å². The third kappa shape index (κ3) is 5.26. The Morgan fingerprint density at radius 2 is 1.72 bits per heavy atom. The molecule has 0 spiro atoms. The van der Waals surface area contributed by atoms with Crippen LogP contribution in [-0.4, -0.2) is 6.61 Å².